The van der Waals surface area contributed by atoms with E-state index in [9.17, 15) is 0 Å². The van der Waals surface area contributed by atoms with Crippen molar-refractivity contribution in [1.29, 1.82) is 0 Å². The molecular formula is C18H25N5. The lowest BCUT2D eigenvalue weighted by Gasteiger charge is -2.29. The number of fused-ring (bicyclic) bond motifs is 3. The normalized spacial score (nSPS) is 30.3. The summed E-state index contributed by atoms with van der Waals surface area (Å²) in [5.74, 6) is 2.78. The molecule has 122 valence electrons. The molecule has 1 aliphatic heterocycles. The van der Waals surface area contributed by atoms with Crippen molar-refractivity contribution < 1.29 is 0 Å². The van der Waals surface area contributed by atoms with E-state index in [0.29, 0.717) is 6.04 Å². The first-order valence-corrected chi connectivity index (χ1v) is 9.07. The van der Waals surface area contributed by atoms with Crippen LogP contribution in [0.15, 0.2) is 18.2 Å². The van der Waals surface area contributed by atoms with Crippen LogP contribution in [0.2, 0.25) is 0 Å². The van der Waals surface area contributed by atoms with Crippen LogP contribution in [0.5, 0.6) is 0 Å². The maximum absolute atomic E-state index is 4.75. The molecule has 2 saturated carbocycles. The predicted octanol–water partition coefficient (Wildman–Crippen LogP) is 2.57. The molecule has 0 spiro atoms. The molecule has 1 saturated heterocycles. The monoisotopic (exact) mass is 311 g/mol. The van der Waals surface area contributed by atoms with Gasteiger partial charge >= 0.3 is 0 Å². The molecule has 5 nitrogen and oxygen atoms in total. The largest absolute Gasteiger partial charge is 0.369 e. The van der Waals surface area contributed by atoms with Crippen molar-refractivity contribution in [2.45, 2.75) is 31.7 Å². The fourth-order valence-electron chi connectivity index (χ4n) is 4.78. The highest BCUT2D eigenvalue weighted by Gasteiger charge is 2.39. The van der Waals surface area contributed by atoms with Gasteiger partial charge in [-0.15, -0.1) is 0 Å². The highest BCUT2D eigenvalue weighted by Crippen LogP contribution is 2.45. The summed E-state index contributed by atoms with van der Waals surface area (Å²) < 4.78 is 0. The Bertz CT molecular complexity index is 702. The number of nitrogens with one attached hydrogen (secondary N) is 3. The Balaban J connectivity index is 1.36. The first-order chi connectivity index (χ1) is 11.3. The molecule has 0 amide bonds. The zero-order chi connectivity index (χ0) is 15.2. The average molecular weight is 311 g/mol. The predicted molar refractivity (Wildman–Crippen MR) is 94.0 cm³/mol. The Morgan fingerprint density at radius 1 is 1.13 bits per heavy atom. The maximum atomic E-state index is 4.75. The Hall–Kier alpha value is -1.75. The summed E-state index contributed by atoms with van der Waals surface area (Å²) in [5, 5.41) is 7.08. The van der Waals surface area contributed by atoms with Gasteiger partial charge in [0, 0.05) is 37.9 Å². The summed E-state index contributed by atoms with van der Waals surface area (Å²) in [4.78, 5) is 10.7. The number of rotatable bonds is 3. The Morgan fingerprint density at radius 3 is 2.83 bits per heavy atom. The number of imidazole rings is 1. The zero-order valence-electron chi connectivity index (χ0n) is 13.5. The van der Waals surface area contributed by atoms with Crippen LogP contribution in [0, 0.1) is 11.8 Å². The number of aromatic nitrogens is 2. The van der Waals surface area contributed by atoms with Gasteiger partial charge in [0.1, 0.15) is 0 Å². The fraction of sp³-hybridized carbons (Fsp3) is 0.611. The van der Waals surface area contributed by atoms with Crippen LogP contribution in [-0.4, -0.2) is 42.2 Å². The molecule has 5 rings (SSSR count). The van der Waals surface area contributed by atoms with E-state index in [4.69, 9.17) is 4.98 Å². The SMILES string of the molecule is c1cc2nc(N[C@H]3C[C@@H]4CC[C@H]3C4)[nH]c2cc1N1CCNCC1. The van der Waals surface area contributed by atoms with Gasteiger partial charge in [-0.05, 0) is 49.3 Å². The molecule has 5 heteroatoms. The molecule has 3 atom stereocenters. The van der Waals surface area contributed by atoms with E-state index < -0.39 is 0 Å². The van der Waals surface area contributed by atoms with Crippen LogP contribution in [0.3, 0.4) is 0 Å². The van der Waals surface area contributed by atoms with E-state index in [1.54, 1.807) is 0 Å². The van der Waals surface area contributed by atoms with Crippen LogP contribution < -0.4 is 15.5 Å². The van der Waals surface area contributed by atoms with Gasteiger partial charge in [-0.3, -0.25) is 0 Å². The topological polar surface area (TPSA) is 56.0 Å². The number of nitrogens with zero attached hydrogens (tertiary/aromatic N) is 2. The van der Waals surface area contributed by atoms with E-state index in [1.807, 2.05) is 0 Å². The standard InChI is InChI=1S/C18H25N5/c1-2-13-9-12(1)10-16(13)21-18-20-15-4-3-14(11-17(15)22-18)23-7-5-19-6-8-23/h3-4,11-13,16,19H,1-2,5-10H2,(H2,20,21,22)/t12-,13+,16+/m1/s1. The van der Waals surface area contributed by atoms with E-state index in [-0.39, 0.29) is 0 Å². The van der Waals surface area contributed by atoms with Crippen molar-refractivity contribution in [3.63, 3.8) is 0 Å². The average Bonchev–Trinajstić information content (AvgIpc) is 3.29. The summed E-state index contributed by atoms with van der Waals surface area (Å²) in [6.07, 6.45) is 5.59. The maximum Gasteiger partial charge on any atom is 0.201 e. The molecule has 3 fully saturated rings. The number of hydrogen-bond acceptors (Lipinski definition) is 4. The van der Waals surface area contributed by atoms with E-state index in [2.05, 4.69) is 38.7 Å². The van der Waals surface area contributed by atoms with Crippen LogP contribution in [0.1, 0.15) is 25.7 Å². The van der Waals surface area contributed by atoms with Crippen molar-refractivity contribution in [3.8, 4) is 0 Å². The molecule has 1 aromatic heterocycles. The molecule has 3 aliphatic rings. The van der Waals surface area contributed by atoms with Crippen LogP contribution in [0.25, 0.3) is 11.0 Å². The van der Waals surface area contributed by atoms with Crippen molar-refractivity contribution in [2.24, 2.45) is 11.8 Å². The lowest BCUT2D eigenvalue weighted by Crippen LogP contribution is -2.43. The molecule has 2 aromatic rings. The number of aromatic amines is 1. The first-order valence-electron chi connectivity index (χ1n) is 9.07. The molecule has 2 bridgehead atoms. The third-order valence-corrected chi connectivity index (χ3v) is 6.01. The second-order valence-corrected chi connectivity index (χ2v) is 7.45. The van der Waals surface area contributed by atoms with Crippen molar-refractivity contribution in [2.75, 3.05) is 36.4 Å². The Labute approximate surface area is 136 Å². The van der Waals surface area contributed by atoms with E-state index in [0.717, 1.165) is 55.0 Å². The number of hydrogen-bond donors (Lipinski definition) is 3. The zero-order valence-corrected chi connectivity index (χ0v) is 13.5. The first kappa shape index (κ1) is 13.7. The number of H-pyrrole nitrogens is 1. The smallest absolute Gasteiger partial charge is 0.201 e. The van der Waals surface area contributed by atoms with Crippen molar-refractivity contribution >= 4 is 22.7 Å². The minimum Gasteiger partial charge on any atom is -0.369 e. The second kappa shape index (κ2) is 5.41. The fourth-order valence-corrected chi connectivity index (χ4v) is 4.78. The number of benzene rings is 1. The Kier molecular flexibility index (Phi) is 3.21. The van der Waals surface area contributed by atoms with Crippen molar-refractivity contribution in [1.82, 2.24) is 15.3 Å². The Morgan fingerprint density at radius 2 is 2.04 bits per heavy atom. The van der Waals surface area contributed by atoms with Gasteiger partial charge in [-0.25, -0.2) is 4.98 Å². The third kappa shape index (κ3) is 2.47. The molecule has 0 radical (unpaired) electrons. The highest BCUT2D eigenvalue weighted by atomic mass is 15.2. The van der Waals surface area contributed by atoms with Gasteiger partial charge in [0.25, 0.3) is 0 Å². The summed E-state index contributed by atoms with van der Waals surface area (Å²) in [6.45, 7) is 4.29. The lowest BCUT2D eigenvalue weighted by atomic mass is 9.95. The van der Waals surface area contributed by atoms with Crippen LogP contribution >= 0.6 is 0 Å². The quantitative estimate of drug-likeness (QED) is 0.815. The molecule has 1 aromatic carbocycles. The number of piperazine rings is 1. The summed E-state index contributed by atoms with van der Waals surface area (Å²) >= 11 is 0. The van der Waals surface area contributed by atoms with Gasteiger partial charge in [0.15, 0.2) is 0 Å². The van der Waals surface area contributed by atoms with E-state index in [1.165, 1.54) is 31.4 Å². The van der Waals surface area contributed by atoms with Crippen molar-refractivity contribution in [3.05, 3.63) is 18.2 Å². The minimum atomic E-state index is 0.627. The van der Waals surface area contributed by atoms with E-state index >= 15 is 0 Å². The van der Waals surface area contributed by atoms with Gasteiger partial charge in [-0.1, -0.05) is 6.42 Å². The molecule has 2 heterocycles. The highest BCUT2D eigenvalue weighted by molar-refractivity contribution is 5.81. The second-order valence-electron chi connectivity index (χ2n) is 7.45. The third-order valence-electron chi connectivity index (χ3n) is 6.01. The lowest BCUT2D eigenvalue weighted by molar-refractivity contribution is 0.438. The van der Waals surface area contributed by atoms with Gasteiger partial charge in [0.2, 0.25) is 5.95 Å². The summed E-state index contributed by atoms with van der Waals surface area (Å²) in [5.41, 5.74) is 3.51. The van der Waals surface area contributed by atoms with Crippen LogP contribution in [-0.2, 0) is 0 Å². The summed E-state index contributed by atoms with van der Waals surface area (Å²) in [6, 6.07) is 7.23. The molecule has 23 heavy (non-hydrogen) atoms. The van der Waals surface area contributed by atoms with Gasteiger partial charge < -0.3 is 20.5 Å². The molecule has 2 aliphatic carbocycles. The van der Waals surface area contributed by atoms with Gasteiger partial charge in [0.05, 0.1) is 11.0 Å². The molecule has 0 unspecified atom stereocenters. The number of anilines is 2. The molecule has 3 N–H and O–H groups in total. The minimum absolute atomic E-state index is 0.627. The molecular weight excluding hydrogens is 286 g/mol. The van der Waals surface area contributed by atoms with Crippen LogP contribution in [0.4, 0.5) is 11.6 Å². The van der Waals surface area contributed by atoms with Gasteiger partial charge in [-0.2, -0.15) is 0 Å². The summed E-state index contributed by atoms with van der Waals surface area (Å²) in [7, 11) is 0.